The van der Waals surface area contributed by atoms with Crippen LogP contribution in [0.5, 0.6) is 0 Å². The summed E-state index contributed by atoms with van der Waals surface area (Å²) < 4.78 is 3.58. The van der Waals surface area contributed by atoms with Crippen LogP contribution in [-0.4, -0.2) is 19.9 Å². The van der Waals surface area contributed by atoms with E-state index < -0.39 is 0 Å². The van der Waals surface area contributed by atoms with Crippen molar-refractivity contribution in [2.45, 2.75) is 53.1 Å². The van der Waals surface area contributed by atoms with Gasteiger partial charge in [0.15, 0.2) is 5.78 Å². The smallest absolute Gasteiger partial charge is 0.262 e. The lowest BCUT2D eigenvalue weighted by Crippen LogP contribution is -2.25. The molecule has 130 valence electrons. The van der Waals surface area contributed by atoms with Gasteiger partial charge in [0, 0.05) is 28.4 Å². The second-order valence-electron chi connectivity index (χ2n) is 6.67. The molecule has 0 aromatic carbocycles. The molecule has 3 heterocycles. The highest BCUT2D eigenvalue weighted by Gasteiger charge is 2.22. The predicted octanol–water partition coefficient (Wildman–Crippen LogP) is 3.27. The molecule has 0 saturated carbocycles. The normalized spacial score (nSPS) is 13.6. The number of carbonyl (C=O) groups excluding carboxylic acids is 1. The van der Waals surface area contributed by atoms with Crippen molar-refractivity contribution in [3.63, 3.8) is 0 Å². The van der Waals surface area contributed by atoms with E-state index in [1.807, 2.05) is 19.9 Å². The van der Waals surface area contributed by atoms with Crippen LogP contribution in [0.2, 0.25) is 0 Å². The van der Waals surface area contributed by atoms with Crippen molar-refractivity contribution < 1.29 is 4.79 Å². The number of carbonyl (C=O) groups is 1. The van der Waals surface area contributed by atoms with Crippen molar-refractivity contribution in [3.05, 3.63) is 50.1 Å². The number of rotatable bonds is 4. The molecule has 4 rings (SSSR count). The molecule has 0 saturated heterocycles. The minimum Gasteiger partial charge on any atom is -0.349 e. The molecule has 0 fully saturated rings. The Labute approximate surface area is 149 Å². The third kappa shape index (κ3) is 2.47. The Balaban J connectivity index is 1.73. The standard InChI is InChI=1S/C19H21N3O2S/c1-4-22-11(2)8-14(12(22)3)15(23)9-21-10-20-18-17(19(21)24)13-6-5-7-16(13)25-18/h8,10H,4-7,9H2,1-3H3. The first kappa shape index (κ1) is 16.3. The van der Waals surface area contributed by atoms with Gasteiger partial charge in [-0.3, -0.25) is 14.2 Å². The molecule has 0 N–H and O–H groups in total. The maximum Gasteiger partial charge on any atom is 0.262 e. The zero-order valence-corrected chi connectivity index (χ0v) is 15.6. The molecule has 0 spiro atoms. The van der Waals surface area contributed by atoms with Crippen molar-refractivity contribution in [3.8, 4) is 0 Å². The maximum absolute atomic E-state index is 12.9. The van der Waals surface area contributed by atoms with Crippen molar-refractivity contribution in [2.75, 3.05) is 0 Å². The van der Waals surface area contributed by atoms with E-state index in [1.54, 1.807) is 11.3 Å². The Hall–Kier alpha value is -2.21. The predicted molar refractivity (Wildman–Crippen MR) is 99.8 cm³/mol. The number of fused-ring (bicyclic) bond motifs is 3. The molecule has 5 nitrogen and oxygen atoms in total. The third-order valence-corrected chi connectivity index (χ3v) is 6.40. The van der Waals surface area contributed by atoms with Crippen LogP contribution in [0.1, 0.15) is 45.5 Å². The summed E-state index contributed by atoms with van der Waals surface area (Å²) in [6.45, 7) is 6.90. The second kappa shape index (κ2) is 5.95. The lowest BCUT2D eigenvalue weighted by molar-refractivity contribution is 0.0970. The van der Waals surface area contributed by atoms with Crippen LogP contribution >= 0.6 is 11.3 Å². The lowest BCUT2D eigenvalue weighted by atomic mass is 10.1. The van der Waals surface area contributed by atoms with Crippen LogP contribution in [0.4, 0.5) is 0 Å². The van der Waals surface area contributed by atoms with Crippen LogP contribution in [0, 0.1) is 13.8 Å². The second-order valence-corrected chi connectivity index (χ2v) is 7.75. The number of ketones is 1. The van der Waals surface area contributed by atoms with E-state index in [-0.39, 0.29) is 17.9 Å². The number of thiophene rings is 1. The van der Waals surface area contributed by atoms with Gasteiger partial charge in [-0.05, 0) is 51.7 Å². The van der Waals surface area contributed by atoms with Gasteiger partial charge in [-0.2, -0.15) is 0 Å². The van der Waals surface area contributed by atoms with Gasteiger partial charge in [-0.1, -0.05) is 0 Å². The molecule has 0 aliphatic heterocycles. The van der Waals surface area contributed by atoms with Crippen molar-refractivity contribution in [1.29, 1.82) is 0 Å². The van der Waals surface area contributed by atoms with Gasteiger partial charge in [0.2, 0.25) is 0 Å². The molecule has 0 radical (unpaired) electrons. The van der Waals surface area contributed by atoms with Crippen LogP contribution in [0.25, 0.3) is 10.2 Å². The Kier molecular flexibility index (Phi) is 3.87. The monoisotopic (exact) mass is 355 g/mol. The fraction of sp³-hybridized carbons (Fsp3) is 0.421. The lowest BCUT2D eigenvalue weighted by Gasteiger charge is -2.07. The first-order chi connectivity index (χ1) is 12.0. The zero-order valence-electron chi connectivity index (χ0n) is 14.8. The molecule has 3 aromatic rings. The first-order valence-corrected chi connectivity index (χ1v) is 9.52. The van der Waals surface area contributed by atoms with Gasteiger partial charge in [-0.15, -0.1) is 11.3 Å². The summed E-state index contributed by atoms with van der Waals surface area (Å²) in [5, 5.41) is 0.729. The van der Waals surface area contributed by atoms with Gasteiger partial charge >= 0.3 is 0 Å². The minimum atomic E-state index is -0.0814. The molecule has 0 atom stereocenters. The summed E-state index contributed by atoms with van der Waals surface area (Å²) in [7, 11) is 0. The summed E-state index contributed by atoms with van der Waals surface area (Å²) in [5.41, 5.74) is 3.80. The van der Waals surface area contributed by atoms with Crippen molar-refractivity contribution in [2.24, 2.45) is 0 Å². The first-order valence-electron chi connectivity index (χ1n) is 8.70. The van der Waals surface area contributed by atoms with Gasteiger partial charge in [0.1, 0.15) is 4.83 Å². The fourth-order valence-corrected chi connectivity index (χ4v) is 5.16. The highest BCUT2D eigenvalue weighted by atomic mass is 32.1. The van der Waals surface area contributed by atoms with Crippen LogP contribution in [0.15, 0.2) is 17.2 Å². The number of hydrogen-bond acceptors (Lipinski definition) is 4. The van der Waals surface area contributed by atoms with E-state index in [4.69, 9.17) is 0 Å². The molecule has 0 bridgehead atoms. The molecule has 0 unspecified atom stereocenters. The van der Waals surface area contributed by atoms with E-state index in [0.717, 1.165) is 53.0 Å². The Morgan fingerprint density at radius 1 is 1.32 bits per heavy atom. The molecule has 1 aliphatic rings. The summed E-state index contributed by atoms with van der Waals surface area (Å²) in [6.07, 6.45) is 4.61. The zero-order chi connectivity index (χ0) is 17.7. The SMILES string of the molecule is CCn1c(C)cc(C(=O)Cn2cnc3sc4c(c3c2=O)CCC4)c1C. The highest BCUT2D eigenvalue weighted by molar-refractivity contribution is 7.18. The van der Waals surface area contributed by atoms with Crippen molar-refractivity contribution in [1.82, 2.24) is 14.1 Å². The van der Waals surface area contributed by atoms with E-state index >= 15 is 0 Å². The number of hydrogen-bond donors (Lipinski definition) is 0. The van der Waals surface area contributed by atoms with E-state index in [1.165, 1.54) is 15.8 Å². The van der Waals surface area contributed by atoms with Crippen LogP contribution < -0.4 is 5.56 Å². The van der Waals surface area contributed by atoms with Gasteiger partial charge < -0.3 is 4.57 Å². The number of Topliss-reactive ketones (excluding diaryl/α,β-unsaturated/α-hetero) is 1. The van der Waals surface area contributed by atoms with Gasteiger partial charge in [0.05, 0.1) is 18.3 Å². The molecule has 25 heavy (non-hydrogen) atoms. The number of aromatic nitrogens is 3. The number of nitrogens with zero attached hydrogens (tertiary/aromatic N) is 3. The average molecular weight is 355 g/mol. The fourth-order valence-electron chi connectivity index (χ4n) is 3.94. The molecular weight excluding hydrogens is 334 g/mol. The average Bonchev–Trinajstić information content (AvgIpc) is 3.23. The Morgan fingerprint density at radius 3 is 2.84 bits per heavy atom. The topological polar surface area (TPSA) is 56.9 Å². The Bertz CT molecular complexity index is 1050. The summed E-state index contributed by atoms with van der Waals surface area (Å²) in [4.78, 5) is 32.2. The molecule has 6 heteroatoms. The van der Waals surface area contributed by atoms with Crippen molar-refractivity contribution >= 4 is 27.3 Å². The molecule has 3 aromatic heterocycles. The molecule has 0 amide bonds. The van der Waals surface area contributed by atoms with E-state index in [2.05, 4.69) is 16.5 Å². The third-order valence-electron chi connectivity index (χ3n) is 5.20. The minimum absolute atomic E-state index is 0.0390. The summed E-state index contributed by atoms with van der Waals surface area (Å²) >= 11 is 1.62. The van der Waals surface area contributed by atoms with E-state index in [0.29, 0.717) is 5.56 Å². The van der Waals surface area contributed by atoms with Gasteiger partial charge in [-0.25, -0.2) is 4.98 Å². The molecule has 1 aliphatic carbocycles. The van der Waals surface area contributed by atoms with E-state index in [9.17, 15) is 9.59 Å². The summed E-state index contributed by atoms with van der Waals surface area (Å²) in [6, 6.07) is 1.92. The van der Waals surface area contributed by atoms with Gasteiger partial charge in [0.25, 0.3) is 5.56 Å². The summed E-state index contributed by atoms with van der Waals surface area (Å²) in [5.74, 6) is -0.0390. The Morgan fingerprint density at radius 2 is 2.12 bits per heavy atom. The largest absolute Gasteiger partial charge is 0.349 e. The quantitative estimate of drug-likeness (QED) is 0.675. The molecular formula is C19H21N3O2S. The number of aryl methyl sites for hydroxylation is 3. The maximum atomic E-state index is 12.9. The van der Waals surface area contributed by atoms with Crippen LogP contribution in [-0.2, 0) is 25.9 Å². The highest BCUT2D eigenvalue weighted by Crippen LogP contribution is 2.34. The van der Waals surface area contributed by atoms with Crippen LogP contribution in [0.3, 0.4) is 0 Å².